The maximum atomic E-state index is 14.0. The van der Waals surface area contributed by atoms with Crippen molar-refractivity contribution in [2.75, 3.05) is 17.4 Å². The average molecular weight is 611 g/mol. The summed E-state index contributed by atoms with van der Waals surface area (Å²) in [6.45, 7) is 5.01. The number of aryl methyl sites for hydroxylation is 1. The summed E-state index contributed by atoms with van der Waals surface area (Å²) in [7, 11) is -4.19. The second kappa shape index (κ2) is 13.5. The van der Waals surface area contributed by atoms with Crippen LogP contribution in [0.25, 0.3) is 0 Å². The summed E-state index contributed by atoms with van der Waals surface area (Å²) in [5.41, 5.74) is 1.42. The van der Waals surface area contributed by atoms with Crippen molar-refractivity contribution in [3.05, 3.63) is 92.9 Å². The predicted octanol–water partition coefficient (Wildman–Crippen LogP) is 6.09. The van der Waals surface area contributed by atoms with E-state index >= 15 is 0 Å². The molecule has 11 heteroatoms. The molecule has 0 aliphatic heterocycles. The van der Waals surface area contributed by atoms with E-state index in [1.807, 2.05) is 0 Å². The van der Waals surface area contributed by atoms with Crippen molar-refractivity contribution in [2.45, 2.75) is 44.7 Å². The Hall–Kier alpha value is -2.78. The molecular formula is C28H30Cl3N3O4S. The quantitative estimate of drug-likeness (QED) is 0.285. The minimum Gasteiger partial charge on any atom is -0.355 e. The number of likely N-dealkylation sites (N-methyl/N-ethyl adjacent to an activating group) is 1. The first-order valence-electron chi connectivity index (χ1n) is 12.3. The van der Waals surface area contributed by atoms with Gasteiger partial charge in [-0.05, 0) is 62.2 Å². The van der Waals surface area contributed by atoms with Gasteiger partial charge in [0.1, 0.15) is 12.6 Å². The van der Waals surface area contributed by atoms with E-state index in [-0.39, 0.29) is 29.5 Å². The lowest BCUT2D eigenvalue weighted by atomic mass is 10.1. The highest BCUT2D eigenvalue weighted by Crippen LogP contribution is 2.30. The fourth-order valence-electron chi connectivity index (χ4n) is 4.05. The Bertz CT molecular complexity index is 1410. The Labute approximate surface area is 244 Å². The normalized spacial score (nSPS) is 12.1. The molecule has 0 saturated carbocycles. The smallest absolute Gasteiger partial charge is 0.264 e. The standard InChI is InChI=1S/C28H30Cl3N3O4S/c1-4-26(28(36)32-5-2)33(17-22-23(29)12-9-13-24(22)30)27(35)18-34(20-15-14-19(3)25(31)16-20)39(37,38)21-10-7-6-8-11-21/h6-16,26H,4-5,17-18H2,1-3H3,(H,32,36). The number of hydrogen-bond acceptors (Lipinski definition) is 4. The molecule has 39 heavy (non-hydrogen) atoms. The van der Waals surface area contributed by atoms with Gasteiger partial charge in [-0.1, -0.05) is 72.1 Å². The fourth-order valence-corrected chi connectivity index (χ4v) is 6.17. The maximum absolute atomic E-state index is 14.0. The summed E-state index contributed by atoms with van der Waals surface area (Å²) in [4.78, 5) is 28.4. The lowest BCUT2D eigenvalue weighted by molar-refractivity contribution is -0.140. The van der Waals surface area contributed by atoms with Crippen LogP contribution in [0.5, 0.6) is 0 Å². The van der Waals surface area contributed by atoms with Crippen LogP contribution < -0.4 is 9.62 Å². The van der Waals surface area contributed by atoms with E-state index in [4.69, 9.17) is 34.8 Å². The first kappa shape index (κ1) is 30.8. The van der Waals surface area contributed by atoms with Gasteiger partial charge in [0.25, 0.3) is 10.0 Å². The van der Waals surface area contributed by atoms with E-state index in [2.05, 4.69) is 5.32 Å². The number of benzene rings is 3. The number of rotatable bonds is 11. The summed E-state index contributed by atoms with van der Waals surface area (Å²) >= 11 is 19.2. The lowest BCUT2D eigenvalue weighted by Crippen LogP contribution is -2.52. The molecule has 0 heterocycles. The third-order valence-corrected chi connectivity index (χ3v) is 9.08. The summed E-state index contributed by atoms with van der Waals surface area (Å²) in [5, 5.41) is 3.75. The second-order valence-corrected chi connectivity index (χ2v) is 11.9. The van der Waals surface area contributed by atoms with Crippen LogP contribution >= 0.6 is 34.8 Å². The summed E-state index contributed by atoms with van der Waals surface area (Å²) in [5.74, 6) is -0.979. The number of hydrogen-bond donors (Lipinski definition) is 1. The molecule has 0 aliphatic carbocycles. The second-order valence-electron chi connectivity index (χ2n) is 8.80. The van der Waals surface area contributed by atoms with Crippen molar-refractivity contribution in [1.29, 1.82) is 0 Å². The molecule has 2 amide bonds. The van der Waals surface area contributed by atoms with Crippen LogP contribution in [-0.2, 0) is 26.2 Å². The molecule has 1 unspecified atom stereocenters. The average Bonchev–Trinajstić information content (AvgIpc) is 2.91. The Balaban J connectivity index is 2.11. The van der Waals surface area contributed by atoms with Crippen LogP contribution in [0.15, 0.2) is 71.6 Å². The lowest BCUT2D eigenvalue weighted by Gasteiger charge is -2.33. The molecular weight excluding hydrogens is 581 g/mol. The molecule has 1 N–H and O–H groups in total. The molecule has 0 spiro atoms. The van der Waals surface area contributed by atoms with Gasteiger partial charge in [-0.3, -0.25) is 13.9 Å². The van der Waals surface area contributed by atoms with E-state index in [1.165, 1.54) is 23.1 Å². The van der Waals surface area contributed by atoms with Crippen LogP contribution in [0, 0.1) is 6.92 Å². The van der Waals surface area contributed by atoms with Gasteiger partial charge < -0.3 is 10.2 Å². The summed E-state index contributed by atoms with van der Waals surface area (Å²) < 4.78 is 28.6. The van der Waals surface area contributed by atoms with Crippen LogP contribution in [-0.4, -0.2) is 44.3 Å². The number of carbonyl (C=O) groups is 2. The van der Waals surface area contributed by atoms with Crippen molar-refractivity contribution in [1.82, 2.24) is 10.2 Å². The zero-order valence-corrected chi connectivity index (χ0v) is 24.9. The molecule has 0 aromatic heterocycles. The monoisotopic (exact) mass is 609 g/mol. The summed E-state index contributed by atoms with van der Waals surface area (Å²) in [6, 6.07) is 16.6. The number of carbonyl (C=O) groups excluding carboxylic acids is 2. The van der Waals surface area contributed by atoms with Crippen molar-refractivity contribution in [3.8, 4) is 0 Å². The van der Waals surface area contributed by atoms with E-state index in [0.717, 1.165) is 9.87 Å². The third kappa shape index (κ3) is 7.25. The number of amides is 2. The van der Waals surface area contributed by atoms with E-state index < -0.39 is 28.5 Å². The Morgan fingerprint density at radius 2 is 1.54 bits per heavy atom. The van der Waals surface area contributed by atoms with Crippen molar-refractivity contribution >= 4 is 62.3 Å². The summed E-state index contributed by atoms with van der Waals surface area (Å²) in [6.07, 6.45) is 0.279. The Morgan fingerprint density at radius 1 is 0.897 bits per heavy atom. The Kier molecular flexibility index (Phi) is 10.7. The number of nitrogens with one attached hydrogen (secondary N) is 1. The molecule has 3 rings (SSSR count). The van der Waals surface area contributed by atoms with Gasteiger partial charge in [-0.15, -0.1) is 0 Å². The van der Waals surface area contributed by atoms with E-state index in [9.17, 15) is 18.0 Å². The van der Waals surface area contributed by atoms with Gasteiger partial charge >= 0.3 is 0 Å². The van der Waals surface area contributed by atoms with Gasteiger partial charge in [0.2, 0.25) is 11.8 Å². The van der Waals surface area contributed by atoms with Crippen molar-refractivity contribution < 1.29 is 18.0 Å². The molecule has 0 bridgehead atoms. The topological polar surface area (TPSA) is 86.8 Å². The molecule has 3 aromatic rings. The zero-order chi connectivity index (χ0) is 28.7. The molecule has 0 saturated heterocycles. The first-order valence-corrected chi connectivity index (χ1v) is 14.9. The zero-order valence-electron chi connectivity index (χ0n) is 21.8. The minimum atomic E-state index is -4.19. The number of nitrogens with zero attached hydrogens (tertiary/aromatic N) is 2. The van der Waals surface area contributed by atoms with Crippen LogP contribution in [0.4, 0.5) is 5.69 Å². The van der Waals surface area contributed by atoms with Gasteiger partial charge in [-0.25, -0.2) is 8.42 Å². The SMILES string of the molecule is CCNC(=O)C(CC)N(Cc1c(Cl)cccc1Cl)C(=O)CN(c1ccc(C)c(Cl)c1)S(=O)(=O)c1ccccc1. The Morgan fingerprint density at radius 3 is 2.10 bits per heavy atom. The first-order chi connectivity index (χ1) is 18.5. The highest BCUT2D eigenvalue weighted by atomic mass is 35.5. The van der Waals surface area contributed by atoms with Gasteiger partial charge in [0.15, 0.2) is 0 Å². The minimum absolute atomic E-state index is 0.00552. The van der Waals surface area contributed by atoms with E-state index in [0.29, 0.717) is 27.2 Å². The number of sulfonamides is 1. The third-order valence-electron chi connectivity index (χ3n) is 6.18. The number of halogens is 3. The van der Waals surface area contributed by atoms with Crippen LogP contribution in [0.1, 0.15) is 31.4 Å². The van der Waals surface area contributed by atoms with Gasteiger partial charge in [0, 0.05) is 33.7 Å². The molecule has 0 aliphatic rings. The highest BCUT2D eigenvalue weighted by molar-refractivity contribution is 7.92. The molecule has 0 radical (unpaired) electrons. The van der Waals surface area contributed by atoms with Gasteiger partial charge in [-0.2, -0.15) is 0 Å². The van der Waals surface area contributed by atoms with Crippen LogP contribution in [0.3, 0.4) is 0 Å². The number of anilines is 1. The van der Waals surface area contributed by atoms with E-state index in [1.54, 1.807) is 69.3 Å². The highest BCUT2D eigenvalue weighted by Gasteiger charge is 2.34. The largest absolute Gasteiger partial charge is 0.355 e. The molecule has 3 aromatic carbocycles. The molecule has 7 nitrogen and oxygen atoms in total. The van der Waals surface area contributed by atoms with Gasteiger partial charge in [0.05, 0.1) is 10.6 Å². The predicted molar refractivity (Wildman–Crippen MR) is 157 cm³/mol. The maximum Gasteiger partial charge on any atom is 0.264 e. The molecule has 0 fully saturated rings. The fraction of sp³-hybridized carbons (Fsp3) is 0.286. The van der Waals surface area contributed by atoms with Crippen LogP contribution in [0.2, 0.25) is 15.1 Å². The van der Waals surface area contributed by atoms with Crippen molar-refractivity contribution in [3.63, 3.8) is 0 Å². The molecule has 1 atom stereocenters. The molecule has 208 valence electrons. The van der Waals surface area contributed by atoms with Crippen molar-refractivity contribution in [2.24, 2.45) is 0 Å².